The number of hydrogen-bond donors (Lipinski definition) is 2. The molecule has 6 nitrogen and oxygen atoms in total. The number of halogens is 1. The molecule has 2 atom stereocenters. The van der Waals surface area contributed by atoms with Gasteiger partial charge in [-0.3, -0.25) is 10.1 Å². The van der Waals surface area contributed by atoms with E-state index < -0.39 is 16.4 Å². The molecule has 1 aliphatic rings. The quantitative estimate of drug-likeness (QED) is 0.491. The zero-order valence-corrected chi connectivity index (χ0v) is 10.9. The van der Waals surface area contributed by atoms with Crippen LogP contribution >= 0.6 is 0 Å². The van der Waals surface area contributed by atoms with Crippen molar-refractivity contribution in [1.82, 2.24) is 0 Å². The van der Waals surface area contributed by atoms with Gasteiger partial charge in [-0.1, -0.05) is 12.2 Å². The Labute approximate surface area is 115 Å². The molecule has 0 aromatic heterocycles. The smallest absolute Gasteiger partial charge is 0.327 e. The van der Waals surface area contributed by atoms with Gasteiger partial charge in [0.1, 0.15) is 11.4 Å². The normalized spacial score (nSPS) is 20.9. The number of methoxy groups -OCH3 is 1. The highest BCUT2D eigenvalue weighted by Gasteiger charge is 2.25. The zero-order chi connectivity index (χ0) is 14.7. The standard InChI is InChI=1S/C13H15FN2O4/c1-20-10-5-11(14)13(16(18)19)12(6-10)15-9-3-2-8(4-9)7-17/h2-3,5-6,8-9,15,17H,4,7H2,1H3/t8-,9+/m1/s1. The number of hydrogen-bond acceptors (Lipinski definition) is 5. The monoisotopic (exact) mass is 282 g/mol. The van der Waals surface area contributed by atoms with Gasteiger partial charge in [0.25, 0.3) is 0 Å². The third kappa shape index (κ3) is 2.88. The molecular formula is C13H15FN2O4. The molecule has 0 saturated heterocycles. The lowest BCUT2D eigenvalue weighted by atomic mass is 10.1. The lowest BCUT2D eigenvalue weighted by Gasteiger charge is -2.15. The molecule has 2 rings (SSSR count). The Balaban J connectivity index is 2.28. The first-order chi connectivity index (χ1) is 9.55. The molecule has 7 heteroatoms. The van der Waals surface area contributed by atoms with Gasteiger partial charge < -0.3 is 15.2 Å². The van der Waals surface area contributed by atoms with Crippen molar-refractivity contribution in [2.75, 3.05) is 19.0 Å². The predicted molar refractivity (Wildman–Crippen MR) is 71.3 cm³/mol. The molecule has 0 fully saturated rings. The average molecular weight is 282 g/mol. The number of nitro groups is 1. The summed E-state index contributed by atoms with van der Waals surface area (Å²) in [6.45, 7) is 0.0171. The molecule has 108 valence electrons. The largest absolute Gasteiger partial charge is 0.497 e. The van der Waals surface area contributed by atoms with Gasteiger partial charge in [-0.15, -0.1) is 0 Å². The van der Waals surface area contributed by atoms with Gasteiger partial charge in [-0.05, 0) is 6.42 Å². The van der Waals surface area contributed by atoms with Crippen LogP contribution in [0, 0.1) is 21.8 Å². The topological polar surface area (TPSA) is 84.6 Å². The van der Waals surface area contributed by atoms with Gasteiger partial charge in [0, 0.05) is 30.7 Å². The Morgan fingerprint density at radius 2 is 2.30 bits per heavy atom. The maximum absolute atomic E-state index is 13.7. The van der Waals surface area contributed by atoms with Crippen LogP contribution in [0.15, 0.2) is 24.3 Å². The van der Waals surface area contributed by atoms with Crippen LogP contribution in [0.25, 0.3) is 0 Å². The Morgan fingerprint density at radius 3 is 2.85 bits per heavy atom. The Hall–Kier alpha value is -2.15. The first-order valence-corrected chi connectivity index (χ1v) is 6.12. The first-order valence-electron chi connectivity index (χ1n) is 6.12. The number of rotatable bonds is 5. The number of nitro benzene ring substituents is 1. The molecule has 1 aromatic carbocycles. The SMILES string of the molecule is COc1cc(F)c([N+](=O)[O-])c(N[C@H]2C=C[C@@H](CO)C2)c1. The van der Waals surface area contributed by atoms with Crippen molar-refractivity contribution < 1.29 is 19.2 Å². The van der Waals surface area contributed by atoms with Crippen molar-refractivity contribution in [3.05, 3.63) is 40.2 Å². The molecule has 0 bridgehead atoms. The van der Waals surface area contributed by atoms with E-state index in [1.165, 1.54) is 13.2 Å². The summed E-state index contributed by atoms with van der Waals surface area (Å²) in [5, 5.41) is 22.9. The summed E-state index contributed by atoms with van der Waals surface area (Å²) in [5.41, 5.74) is -0.535. The van der Waals surface area contributed by atoms with Crippen LogP contribution in [0.5, 0.6) is 5.75 Å². The zero-order valence-electron chi connectivity index (χ0n) is 10.9. The first kappa shape index (κ1) is 14.3. The molecule has 0 saturated carbocycles. The molecule has 0 amide bonds. The van der Waals surface area contributed by atoms with E-state index in [1.54, 1.807) is 0 Å². The number of nitrogens with one attached hydrogen (secondary N) is 1. The lowest BCUT2D eigenvalue weighted by molar-refractivity contribution is -0.386. The fourth-order valence-corrected chi connectivity index (χ4v) is 2.20. The number of nitrogens with zero attached hydrogens (tertiary/aromatic N) is 1. The van der Waals surface area contributed by atoms with E-state index in [4.69, 9.17) is 9.84 Å². The Morgan fingerprint density at radius 1 is 1.55 bits per heavy atom. The van der Waals surface area contributed by atoms with E-state index >= 15 is 0 Å². The molecule has 0 unspecified atom stereocenters. The minimum absolute atomic E-state index is 0.0158. The fraction of sp³-hybridized carbons (Fsp3) is 0.385. The number of ether oxygens (including phenoxy) is 1. The van der Waals surface area contributed by atoms with Crippen LogP contribution in [0.3, 0.4) is 0 Å². The van der Waals surface area contributed by atoms with Crippen molar-refractivity contribution >= 4 is 11.4 Å². The summed E-state index contributed by atoms with van der Waals surface area (Å²) in [4.78, 5) is 10.2. The van der Waals surface area contributed by atoms with E-state index in [1.807, 2.05) is 12.2 Å². The second-order valence-corrected chi connectivity index (χ2v) is 4.58. The minimum Gasteiger partial charge on any atom is -0.497 e. The van der Waals surface area contributed by atoms with Gasteiger partial charge in [0.15, 0.2) is 0 Å². The number of aliphatic hydroxyl groups excluding tert-OH is 1. The van der Waals surface area contributed by atoms with Crippen LogP contribution in [0.4, 0.5) is 15.8 Å². The summed E-state index contributed by atoms with van der Waals surface area (Å²) in [5.74, 6) is -0.726. The predicted octanol–water partition coefficient (Wildman–Crippen LogP) is 2.09. The lowest BCUT2D eigenvalue weighted by Crippen LogP contribution is -2.17. The molecule has 2 N–H and O–H groups in total. The van der Waals surface area contributed by atoms with E-state index in [0.29, 0.717) is 6.42 Å². The van der Waals surface area contributed by atoms with Gasteiger partial charge in [-0.25, -0.2) is 0 Å². The average Bonchev–Trinajstić information content (AvgIpc) is 2.85. The van der Waals surface area contributed by atoms with Crippen molar-refractivity contribution in [3.63, 3.8) is 0 Å². The third-order valence-electron chi connectivity index (χ3n) is 3.20. The number of benzene rings is 1. The van der Waals surface area contributed by atoms with Crippen molar-refractivity contribution in [3.8, 4) is 5.75 Å². The Bertz CT molecular complexity index is 547. The van der Waals surface area contributed by atoms with Gasteiger partial charge >= 0.3 is 5.69 Å². The van der Waals surface area contributed by atoms with Crippen LogP contribution in [-0.4, -0.2) is 29.8 Å². The second kappa shape index (κ2) is 5.87. The highest BCUT2D eigenvalue weighted by Crippen LogP contribution is 2.34. The van der Waals surface area contributed by atoms with Crippen molar-refractivity contribution in [2.45, 2.75) is 12.5 Å². The van der Waals surface area contributed by atoms with E-state index in [0.717, 1.165) is 6.07 Å². The van der Waals surface area contributed by atoms with Gasteiger partial charge in [-0.2, -0.15) is 4.39 Å². The van der Waals surface area contributed by atoms with Crippen molar-refractivity contribution in [1.29, 1.82) is 0 Å². The van der Waals surface area contributed by atoms with Gasteiger partial charge in [0.05, 0.1) is 12.0 Å². The molecule has 1 aliphatic carbocycles. The molecule has 0 radical (unpaired) electrons. The van der Waals surface area contributed by atoms with E-state index in [9.17, 15) is 14.5 Å². The molecule has 20 heavy (non-hydrogen) atoms. The van der Waals surface area contributed by atoms with Gasteiger partial charge in [0.2, 0.25) is 5.82 Å². The fourth-order valence-electron chi connectivity index (χ4n) is 2.20. The van der Waals surface area contributed by atoms with E-state index in [2.05, 4.69) is 5.32 Å². The molecule has 0 heterocycles. The van der Waals surface area contributed by atoms with E-state index in [-0.39, 0.29) is 30.0 Å². The summed E-state index contributed by atoms with van der Waals surface area (Å²) in [6.07, 6.45) is 4.24. The molecular weight excluding hydrogens is 267 g/mol. The molecule has 1 aromatic rings. The van der Waals surface area contributed by atoms with Crippen LogP contribution < -0.4 is 10.1 Å². The summed E-state index contributed by atoms with van der Waals surface area (Å²) in [6, 6.07) is 2.18. The second-order valence-electron chi connectivity index (χ2n) is 4.58. The van der Waals surface area contributed by atoms with Crippen LogP contribution in [0.2, 0.25) is 0 Å². The Kier molecular flexibility index (Phi) is 4.19. The summed E-state index contributed by atoms with van der Waals surface area (Å²) >= 11 is 0. The number of anilines is 1. The van der Waals surface area contributed by atoms with Crippen molar-refractivity contribution in [2.24, 2.45) is 5.92 Å². The maximum atomic E-state index is 13.7. The highest BCUT2D eigenvalue weighted by atomic mass is 19.1. The summed E-state index contributed by atoms with van der Waals surface area (Å²) < 4.78 is 18.7. The number of aliphatic hydroxyl groups is 1. The van der Waals surface area contributed by atoms with Crippen LogP contribution in [0.1, 0.15) is 6.42 Å². The molecule has 0 aliphatic heterocycles. The maximum Gasteiger partial charge on any atom is 0.327 e. The molecule has 0 spiro atoms. The highest BCUT2D eigenvalue weighted by molar-refractivity contribution is 5.66. The third-order valence-corrected chi connectivity index (χ3v) is 3.20. The summed E-state index contributed by atoms with van der Waals surface area (Å²) in [7, 11) is 1.36. The van der Waals surface area contributed by atoms with Crippen LogP contribution in [-0.2, 0) is 0 Å². The minimum atomic E-state index is -0.947.